The third-order valence-corrected chi connectivity index (χ3v) is 2.84. The molecular formula is C12H21NO3. The fraction of sp³-hybridized carbons (Fsp3) is 0.750. The van der Waals surface area contributed by atoms with Crippen LogP contribution in [0.1, 0.15) is 26.2 Å². The zero-order valence-corrected chi connectivity index (χ0v) is 10.0. The molecule has 16 heavy (non-hydrogen) atoms. The van der Waals surface area contributed by atoms with E-state index >= 15 is 0 Å². The minimum absolute atomic E-state index is 0.239. The second-order valence-corrected chi connectivity index (χ2v) is 4.14. The zero-order valence-electron chi connectivity index (χ0n) is 10.0. The first kappa shape index (κ1) is 13.2. The molecule has 1 aliphatic carbocycles. The van der Waals surface area contributed by atoms with Gasteiger partial charge in [0.1, 0.15) is 0 Å². The topological polar surface area (TPSA) is 58.6 Å². The lowest BCUT2D eigenvalue weighted by Gasteiger charge is -2.09. The summed E-state index contributed by atoms with van der Waals surface area (Å²) in [6.07, 6.45) is 4.53. The van der Waals surface area contributed by atoms with Crippen molar-refractivity contribution in [3.8, 4) is 0 Å². The van der Waals surface area contributed by atoms with Crippen LogP contribution in [0.25, 0.3) is 0 Å². The molecule has 0 amide bonds. The Bertz CT molecular complexity index is 259. The van der Waals surface area contributed by atoms with E-state index in [0.717, 1.165) is 12.8 Å². The number of nitrogens with one attached hydrogen (secondary N) is 1. The molecule has 0 aromatic carbocycles. The van der Waals surface area contributed by atoms with Gasteiger partial charge < -0.3 is 15.2 Å². The molecule has 1 aliphatic rings. The van der Waals surface area contributed by atoms with Crippen LogP contribution in [-0.2, 0) is 9.53 Å². The van der Waals surface area contributed by atoms with E-state index in [4.69, 9.17) is 0 Å². The summed E-state index contributed by atoms with van der Waals surface area (Å²) in [5.74, 6) is 0.217. The van der Waals surface area contributed by atoms with E-state index in [1.54, 1.807) is 0 Å². The Morgan fingerprint density at radius 3 is 2.81 bits per heavy atom. The van der Waals surface area contributed by atoms with Gasteiger partial charge in [0.15, 0.2) is 0 Å². The van der Waals surface area contributed by atoms with Crippen molar-refractivity contribution in [3.05, 3.63) is 11.6 Å². The van der Waals surface area contributed by atoms with Gasteiger partial charge in [-0.25, -0.2) is 4.79 Å². The van der Waals surface area contributed by atoms with E-state index < -0.39 is 0 Å². The molecule has 1 saturated carbocycles. The molecule has 1 unspecified atom stereocenters. The van der Waals surface area contributed by atoms with Crippen LogP contribution >= 0.6 is 0 Å². The Balaban J connectivity index is 2.20. The number of aliphatic hydroxyl groups is 1. The summed E-state index contributed by atoms with van der Waals surface area (Å²) >= 11 is 0. The molecule has 0 aromatic heterocycles. The third-order valence-electron chi connectivity index (χ3n) is 2.84. The fourth-order valence-corrected chi connectivity index (χ4v) is 1.58. The van der Waals surface area contributed by atoms with Gasteiger partial charge in [-0.1, -0.05) is 13.0 Å². The minimum Gasteiger partial charge on any atom is -0.466 e. The number of hydrogen-bond donors (Lipinski definition) is 2. The van der Waals surface area contributed by atoms with Crippen LogP contribution in [0.15, 0.2) is 11.6 Å². The van der Waals surface area contributed by atoms with Crippen molar-refractivity contribution in [1.29, 1.82) is 0 Å². The molecule has 4 nitrogen and oxygen atoms in total. The fourth-order valence-electron chi connectivity index (χ4n) is 1.58. The zero-order chi connectivity index (χ0) is 12.0. The van der Waals surface area contributed by atoms with Crippen molar-refractivity contribution < 1.29 is 14.6 Å². The first-order valence-corrected chi connectivity index (χ1v) is 5.85. The molecule has 0 heterocycles. The second-order valence-electron chi connectivity index (χ2n) is 4.14. The number of esters is 1. The lowest BCUT2D eigenvalue weighted by atomic mass is 10.2. The van der Waals surface area contributed by atoms with E-state index in [9.17, 15) is 9.90 Å². The summed E-state index contributed by atoms with van der Waals surface area (Å²) in [5, 5.41) is 12.7. The van der Waals surface area contributed by atoms with Crippen LogP contribution < -0.4 is 5.32 Å². The largest absolute Gasteiger partial charge is 0.466 e. The summed E-state index contributed by atoms with van der Waals surface area (Å²) < 4.78 is 4.65. The number of rotatable bonds is 7. The molecule has 4 heteroatoms. The molecule has 0 bridgehead atoms. The first-order valence-electron chi connectivity index (χ1n) is 5.85. The Labute approximate surface area is 96.7 Å². The number of aliphatic hydroxyl groups excluding tert-OH is 1. The third kappa shape index (κ3) is 4.33. The van der Waals surface area contributed by atoms with E-state index in [2.05, 4.69) is 10.1 Å². The van der Waals surface area contributed by atoms with E-state index in [1.165, 1.54) is 7.11 Å². The molecule has 92 valence electrons. The summed E-state index contributed by atoms with van der Waals surface area (Å²) in [6, 6.07) is 0. The number of carbonyl (C=O) groups excluding carboxylic acids is 1. The van der Waals surface area contributed by atoms with Gasteiger partial charge in [0, 0.05) is 18.7 Å². The Morgan fingerprint density at radius 2 is 2.31 bits per heavy atom. The van der Waals surface area contributed by atoms with Crippen LogP contribution in [0, 0.1) is 5.92 Å². The molecule has 0 aromatic rings. The van der Waals surface area contributed by atoms with Gasteiger partial charge in [-0.15, -0.1) is 0 Å². The highest BCUT2D eigenvalue weighted by atomic mass is 16.5. The predicted octanol–water partition coefficient (Wildman–Crippen LogP) is 0.856. The summed E-state index contributed by atoms with van der Waals surface area (Å²) in [5.41, 5.74) is 0.677. The van der Waals surface area contributed by atoms with Gasteiger partial charge >= 0.3 is 5.97 Å². The van der Waals surface area contributed by atoms with E-state index in [-0.39, 0.29) is 12.1 Å². The van der Waals surface area contributed by atoms with Crippen LogP contribution in [0.2, 0.25) is 0 Å². The highest BCUT2D eigenvalue weighted by Crippen LogP contribution is 2.32. The molecule has 0 radical (unpaired) electrons. The number of carbonyl (C=O) groups is 1. The van der Waals surface area contributed by atoms with Crippen LogP contribution in [0.5, 0.6) is 0 Å². The number of methoxy groups -OCH3 is 1. The highest BCUT2D eigenvalue weighted by molar-refractivity contribution is 5.88. The first-order chi connectivity index (χ1) is 7.69. The maximum Gasteiger partial charge on any atom is 0.333 e. The minimum atomic E-state index is -0.271. The van der Waals surface area contributed by atoms with Crippen LogP contribution in [0.3, 0.4) is 0 Å². The van der Waals surface area contributed by atoms with Crippen molar-refractivity contribution in [2.24, 2.45) is 5.92 Å². The standard InChI is InChI=1S/C12H21NO3/c1-3-9(12(15)16-2)6-7-13-8-11(14)10-4-5-10/h6,10-11,13-14H,3-5,7-8H2,1-2H3. The van der Waals surface area contributed by atoms with E-state index in [1.807, 2.05) is 13.0 Å². The van der Waals surface area contributed by atoms with Gasteiger partial charge in [0.25, 0.3) is 0 Å². The van der Waals surface area contributed by atoms with Crippen molar-refractivity contribution in [3.63, 3.8) is 0 Å². The normalized spacial score (nSPS) is 18.3. The SMILES string of the molecule is CCC(=CCNCC(O)C1CC1)C(=O)OC. The maximum absolute atomic E-state index is 11.2. The molecule has 0 aliphatic heterocycles. The highest BCUT2D eigenvalue weighted by Gasteiger charge is 2.28. The average Bonchev–Trinajstić information content (AvgIpc) is 3.12. The molecule has 1 rings (SSSR count). The van der Waals surface area contributed by atoms with Gasteiger partial charge in [-0.05, 0) is 25.2 Å². The lowest BCUT2D eigenvalue weighted by molar-refractivity contribution is -0.136. The van der Waals surface area contributed by atoms with Crippen molar-refractivity contribution in [2.45, 2.75) is 32.3 Å². The molecular weight excluding hydrogens is 206 g/mol. The van der Waals surface area contributed by atoms with Gasteiger partial charge in [-0.2, -0.15) is 0 Å². The molecule has 0 saturated heterocycles. The van der Waals surface area contributed by atoms with Gasteiger partial charge in [0.2, 0.25) is 0 Å². The molecule has 1 atom stereocenters. The summed E-state index contributed by atoms with van der Waals surface area (Å²) in [4.78, 5) is 11.2. The second kappa shape index (κ2) is 6.66. The Hall–Kier alpha value is -0.870. The van der Waals surface area contributed by atoms with E-state index in [0.29, 0.717) is 31.0 Å². The van der Waals surface area contributed by atoms with Gasteiger partial charge in [-0.3, -0.25) is 0 Å². The maximum atomic E-state index is 11.2. The van der Waals surface area contributed by atoms with Crippen molar-refractivity contribution >= 4 is 5.97 Å². The van der Waals surface area contributed by atoms with Crippen molar-refractivity contribution in [2.75, 3.05) is 20.2 Å². The predicted molar refractivity (Wildman–Crippen MR) is 62.0 cm³/mol. The average molecular weight is 227 g/mol. The molecule has 0 spiro atoms. The Morgan fingerprint density at radius 1 is 1.62 bits per heavy atom. The van der Waals surface area contributed by atoms with Gasteiger partial charge in [0.05, 0.1) is 13.2 Å². The molecule has 2 N–H and O–H groups in total. The quantitative estimate of drug-likeness (QED) is 0.385. The summed E-state index contributed by atoms with van der Waals surface area (Å²) in [7, 11) is 1.39. The number of ether oxygens (including phenoxy) is 1. The van der Waals surface area contributed by atoms with Crippen LogP contribution in [-0.4, -0.2) is 37.4 Å². The monoisotopic (exact) mass is 227 g/mol. The molecule has 1 fully saturated rings. The lowest BCUT2D eigenvalue weighted by Crippen LogP contribution is -2.28. The van der Waals surface area contributed by atoms with Crippen LogP contribution in [0.4, 0.5) is 0 Å². The smallest absolute Gasteiger partial charge is 0.333 e. The summed E-state index contributed by atoms with van der Waals surface area (Å²) in [6.45, 7) is 3.11. The Kier molecular flexibility index (Phi) is 5.49. The number of hydrogen-bond acceptors (Lipinski definition) is 4. The van der Waals surface area contributed by atoms with Crippen molar-refractivity contribution in [1.82, 2.24) is 5.32 Å².